The molecule has 84 valence electrons. The molecule has 1 heterocycles. The molecule has 0 saturated carbocycles. The van der Waals surface area contributed by atoms with Crippen molar-refractivity contribution in [1.29, 1.82) is 0 Å². The van der Waals surface area contributed by atoms with Crippen molar-refractivity contribution in [2.75, 3.05) is 0 Å². The number of carbonyl (C=O) groups excluding carboxylic acids is 1. The average molecular weight is 237 g/mol. The van der Waals surface area contributed by atoms with Crippen LogP contribution in [0.2, 0.25) is 5.02 Å². The minimum atomic E-state index is -0.108. The highest BCUT2D eigenvalue weighted by Crippen LogP contribution is 2.29. The Kier molecular flexibility index (Phi) is 2.72. The van der Waals surface area contributed by atoms with E-state index in [4.69, 9.17) is 11.6 Å². The molecule has 0 bridgehead atoms. The first-order valence-corrected chi connectivity index (χ1v) is 5.56. The van der Waals surface area contributed by atoms with E-state index in [0.29, 0.717) is 10.9 Å². The van der Waals surface area contributed by atoms with Crippen LogP contribution in [0, 0.1) is 0 Å². The van der Waals surface area contributed by atoms with Gasteiger partial charge in [0.15, 0.2) is 0 Å². The smallest absolute Gasteiger partial charge is 0.244 e. The van der Waals surface area contributed by atoms with E-state index < -0.39 is 0 Å². The molecule has 0 amide bonds. The third-order valence-corrected chi connectivity index (χ3v) is 2.93. The number of carbonyl (C=O) groups is 1. The molecule has 0 aliphatic carbocycles. The number of aromatic nitrogens is 2. The summed E-state index contributed by atoms with van der Waals surface area (Å²) in [7, 11) is 0. The predicted molar refractivity (Wildman–Crippen MR) is 65.1 cm³/mol. The molecule has 0 N–H and O–H groups in total. The van der Waals surface area contributed by atoms with Crippen LogP contribution >= 0.6 is 11.6 Å². The van der Waals surface area contributed by atoms with Crippen molar-refractivity contribution in [2.45, 2.75) is 26.7 Å². The highest BCUT2D eigenvalue weighted by Gasteiger charge is 2.11. The van der Waals surface area contributed by atoms with Gasteiger partial charge < -0.3 is 0 Å². The zero-order valence-electron chi connectivity index (χ0n) is 9.49. The van der Waals surface area contributed by atoms with Gasteiger partial charge >= 0.3 is 0 Å². The maximum Gasteiger partial charge on any atom is 0.244 e. The highest BCUT2D eigenvalue weighted by atomic mass is 35.5. The second-order valence-corrected chi connectivity index (χ2v) is 4.57. The van der Waals surface area contributed by atoms with Crippen LogP contribution in [0.3, 0.4) is 0 Å². The van der Waals surface area contributed by atoms with Gasteiger partial charge in [0.1, 0.15) is 0 Å². The van der Waals surface area contributed by atoms with Crippen LogP contribution in [0.4, 0.5) is 0 Å². The van der Waals surface area contributed by atoms with Crippen molar-refractivity contribution in [2.24, 2.45) is 0 Å². The molecule has 1 aromatic carbocycles. The number of hydrogen-bond acceptors (Lipinski definition) is 2. The molecule has 0 aliphatic heterocycles. The third-order valence-electron chi connectivity index (χ3n) is 2.61. The van der Waals surface area contributed by atoms with E-state index in [1.54, 1.807) is 12.3 Å². The summed E-state index contributed by atoms with van der Waals surface area (Å²) in [4.78, 5) is 11.3. The lowest BCUT2D eigenvalue weighted by molar-refractivity contribution is 0.0927. The molecule has 2 aromatic rings. The first-order valence-electron chi connectivity index (χ1n) is 5.19. The Morgan fingerprint density at radius 1 is 1.44 bits per heavy atom. The van der Waals surface area contributed by atoms with Crippen molar-refractivity contribution in [3.05, 3.63) is 28.9 Å². The van der Waals surface area contributed by atoms with Crippen molar-refractivity contribution in [3.63, 3.8) is 0 Å². The SMILES string of the molecule is CC(=O)n1ncc2cc(C(C)C)c(Cl)cc21. The Hall–Kier alpha value is -1.35. The van der Waals surface area contributed by atoms with Crippen LogP contribution in [-0.4, -0.2) is 15.7 Å². The Morgan fingerprint density at radius 3 is 2.69 bits per heavy atom. The summed E-state index contributed by atoms with van der Waals surface area (Å²) >= 11 is 6.18. The van der Waals surface area contributed by atoms with Gasteiger partial charge in [-0.1, -0.05) is 25.4 Å². The summed E-state index contributed by atoms with van der Waals surface area (Å²) < 4.78 is 1.37. The van der Waals surface area contributed by atoms with E-state index in [-0.39, 0.29) is 5.91 Å². The molecule has 0 saturated heterocycles. The Balaban J connectivity index is 2.71. The molecule has 16 heavy (non-hydrogen) atoms. The zero-order chi connectivity index (χ0) is 11.9. The van der Waals surface area contributed by atoms with Crippen LogP contribution in [0.1, 0.15) is 37.0 Å². The van der Waals surface area contributed by atoms with Crippen molar-refractivity contribution < 1.29 is 4.79 Å². The molecule has 0 radical (unpaired) electrons. The summed E-state index contributed by atoms with van der Waals surface area (Å²) in [6.07, 6.45) is 1.69. The summed E-state index contributed by atoms with van der Waals surface area (Å²) in [5.74, 6) is 0.251. The van der Waals surface area contributed by atoms with Gasteiger partial charge in [-0.05, 0) is 23.6 Å². The van der Waals surface area contributed by atoms with Crippen molar-refractivity contribution >= 4 is 28.4 Å². The van der Waals surface area contributed by atoms with Crippen molar-refractivity contribution in [3.8, 4) is 0 Å². The molecule has 0 spiro atoms. The minimum Gasteiger partial charge on any atom is -0.273 e. The van der Waals surface area contributed by atoms with E-state index >= 15 is 0 Å². The van der Waals surface area contributed by atoms with Gasteiger partial charge in [-0.2, -0.15) is 5.10 Å². The fourth-order valence-corrected chi connectivity index (χ4v) is 2.14. The normalized spacial score (nSPS) is 11.3. The fraction of sp³-hybridized carbons (Fsp3) is 0.333. The number of rotatable bonds is 1. The summed E-state index contributed by atoms with van der Waals surface area (Å²) in [6.45, 7) is 5.65. The molecule has 0 atom stereocenters. The van der Waals surface area contributed by atoms with Gasteiger partial charge in [0, 0.05) is 17.3 Å². The van der Waals surface area contributed by atoms with Crippen LogP contribution < -0.4 is 0 Å². The zero-order valence-corrected chi connectivity index (χ0v) is 10.2. The van der Waals surface area contributed by atoms with E-state index in [2.05, 4.69) is 18.9 Å². The summed E-state index contributed by atoms with van der Waals surface area (Å²) in [5, 5.41) is 5.68. The molecule has 2 rings (SSSR count). The molecule has 0 aliphatic rings. The lowest BCUT2D eigenvalue weighted by atomic mass is 10.0. The van der Waals surface area contributed by atoms with Crippen LogP contribution in [0.15, 0.2) is 18.3 Å². The lowest BCUT2D eigenvalue weighted by Crippen LogP contribution is -2.06. The minimum absolute atomic E-state index is 0.108. The number of nitrogens with zero attached hydrogens (tertiary/aromatic N) is 2. The number of benzene rings is 1. The molecule has 0 fully saturated rings. The van der Waals surface area contributed by atoms with Crippen molar-refractivity contribution in [1.82, 2.24) is 9.78 Å². The largest absolute Gasteiger partial charge is 0.273 e. The van der Waals surface area contributed by atoms with Crippen LogP contribution in [0.5, 0.6) is 0 Å². The quantitative estimate of drug-likeness (QED) is 0.760. The van der Waals surface area contributed by atoms with Gasteiger partial charge in [-0.15, -0.1) is 0 Å². The van der Waals surface area contributed by atoms with Gasteiger partial charge in [0.25, 0.3) is 0 Å². The highest BCUT2D eigenvalue weighted by molar-refractivity contribution is 6.32. The van der Waals surface area contributed by atoms with Crippen LogP contribution in [0.25, 0.3) is 10.9 Å². The van der Waals surface area contributed by atoms with Gasteiger partial charge in [-0.3, -0.25) is 4.79 Å². The summed E-state index contributed by atoms with van der Waals surface area (Å²) in [6, 6.07) is 3.80. The number of halogens is 1. The Labute approximate surface area is 99.0 Å². The van der Waals surface area contributed by atoms with E-state index in [0.717, 1.165) is 16.5 Å². The first-order chi connectivity index (χ1) is 7.50. The lowest BCUT2D eigenvalue weighted by Gasteiger charge is -2.08. The third kappa shape index (κ3) is 1.71. The van der Waals surface area contributed by atoms with E-state index in [1.165, 1.54) is 11.6 Å². The summed E-state index contributed by atoms with van der Waals surface area (Å²) in [5.41, 5.74) is 1.85. The molecular weight excluding hydrogens is 224 g/mol. The average Bonchev–Trinajstić information content (AvgIpc) is 2.58. The Bertz CT molecular complexity index is 557. The maximum absolute atomic E-state index is 11.3. The monoisotopic (exact) mass is 236 g/mol. The standard InChI is InChI=1S/C12H13ClN2O/c1-7(2)10-4-9-6-14-15(8(3)16)12(9)5-11(10)13/h4-7H,1-3H3. The second-order valence-electron chi connectivity index (χ2n) is 4.16. The fourth-order valence-electron chi connectivity index (χ4n) is 1.76. The molecule has 1 aromatic heterocycles. The van der Waals surface area contributed by atoms with E-state index in [9.17, 15) is 4.79 Å². The first kappa shape index (κ1) is 11.1. The van der Waals surface area contributed by atoms with Gasteiger partial charge in [0.2, 0.25) is 5.91 Å². The van der Waals surface area contributed by atoms with Crippen LogP contribution in [-0.2, 0) is 0 Å². The molecule has 4 heteroatoms. The topological polar surface area (TPSA) is 34.9 Å². The second kappa shape index (κ2) is 3.91. The predicted octanol–water partition coefficient (Wildman–Crippen LogP) is 3.47. The molecule has 3 nitrogen and oxygen atoms in total. The van der Waals surface area contributed by atoms with E-state index in [1.807, 2.05) is 6.07 Å². The molecule has 0 unspecified atom stereocenters. The number of fused-ring (bicyclic) bond motifs is 1. The van der Waals surface area contributed by atoms with Gasteiger partial charge in [-0.25, -0.2) is 4.68 Å². The maximum atomic E-state index is 11.3. The van der Waals surface area contributed by atoms with Gasteiger partial charge in [0.05, 0.1) is 11.7 Å². The number of hydrogen-bond donors (Lipinski definition) is 0. The molecular formula is C12H13ClN2O. The Morgan fingerprint density at radius 2 is 2.12 bits per heavy atom.